The van der Waals surface area contributed by atoms with E-state index in [1.165, 1.54) is 0 Å². The van der Waals surface area contributed by atoms with Crippen molar-refractivity contribution in [2.24, 2.45) is 0 Å². The van der Waals surface area contributed by atoms with Crippen LogP contribution in [0.15, 0.2) is 24.3 Å². The predicted molar refractivity (Wildman–Crippen MR) is 62.2 cm³/mol. The number of rotatable bonds is 3. The molecule has 0 fully saturated rings. The molecular weight excluding hydrogens is 226 g/mol. The summed E-state index contributed by atoms with van der Waals surface area (Å²) in [4.78, 5) is 4.27. The van der Waals surface area contributed by atoms with Crippen LogP contribution in [-0.4, -0.2) is 26.4 Å². The maximum atomic E-state index is 9.22. The van der Waals surface area contributed by atoms with Crippen LogP contribution in [-0.2, 0) is 6.42 Å². The standard InChI is InChI=1S/C11H12ClN3O/c1-7(16)6-10-13-11(15-14-10)8-4-2-3-5-9(8)12/h2-5,7,16H,6H2,1H3,(H,13,14,15). The lowest BCUT2D eigenvalue weighted by Crippen LogP contribution is -2.05. The van der Waals surface area contributed by atoms with Gasteiger partial charge in [-0.3, -0.25) is 5.10 Å². The minimum atomic E-state index is -0.449. The van der Waals surface area contributed by atoms with E-state index in [1.54, 1.807) is 13.0 Å². The number of hydrogen-bond acceptors (Lipinski definition) is 3. The third kappa shape index (κ3) is 2.40. The van der Waals surface area contributed by atoms with Crippen molar-refractivity contribution in [3.8, 4) is 11.4 Å². The number of aliphatic hydroxyl groups is 1. The average Bonchev–Trinajstić information content (AvgIpc) is 2.66. The van der Waals surface area contributed by atoms with E-state index < -0.39 is 6.10 Å². The summed E-state index contributed by atoms with van der Waals surface area (Å²) in [5.41, 5.74) is 0.813. The van der Waals surface area contributed by atoms with Crippen LogP contribution in [0.4, 0.5) is 0 Å². The summed E-state index contributed by atoms with van der Waals surface area (Å²) >= 11 is 6.04. The van der Waals surface area contributed by atoms with Gasteiger partial charge in [0.25, 0.3) is 0 Å². The number of aliphatic hydroxyl groups excluding tert-OH is 1. The Bertz CT molecular complexity index is 482. The fourth-order valence-corrected chi connectivity index (χ4v) is 1.65. The van der Waals surface area contributed by atoms with Crippen LogP contribution in [0.2, 0.25) is 5.02 Å². The highest BCUT2D eigenvalue weighted by molar-refractivity contribution is 6.33. The maximum Gasteiger partial charge on any atom is 0.157 e. The summed E-state index contributed by atoms with van der Waals surface area (Å²) in [5.74, 6) is 1.21. The number of halogens is 1. The van der Waals surface area contributed by atoms with Crippen LogP contribution in [0.5, 0.6) is 0 Å². The fourth-order valence-electron chi connectivity index (χ4n) is 1.43. The minimum Gasteiger partial charge on any atom is -0.393 e. The zero-order valence-corrected chi connectivity index (χ0v) is 9.57. The number of hydrogen-bond donors (Lipinski definition) is 2. The zero-order chi connectivity index (χ0) is 11.5. The van der Waals surface area contributed by atoms with E-state index in [0.717, 1.165) is 5.56 Å². The summed E-state index contributed by atoms with van der Waals surface area (Å²) in [6, 6.07) is 7.42. The minimum absolute atomic E-state index is 0.432. The number of aromatic amines is 1. The van der Waals surface area contributed by atoms with Gasteiger partial charge in [0.15, 0.2) is 11.6 Å². The molecule has 1 aromatic carbocycles. The van der Waals surface area contributed by atoms with Gasteiger partial charge in [-0.25, -0.2) is 4.98 Å². The molecule has 16 heavy (non-hydrogen) atoms. The molecule has 0 amide bonds. The molecule has 0 aliphatic rings. The third-order valence-electron chi connectivity index (χ3n) is 2.14. The van der Waals surface area contributed by atoms with Crippen LogP contribution < -0.4 is 0 Å². The molecule has 0 saturated heterocycles. The van der Waals surface area contributed by atoms with Crippen molar-refractivity contribution in [3.63, 3.8) is 0 Å². The smallest absolute Gasteiger partial charge is 0.157 e. The normalized spacial score (nSPS) is 12.7. The molecule has 0 radical (unpaired) electrons. The second-order valence-corrected chi connectivity index (χ2v) is 4.04. The van der Waals surface area contributed by atoms with Gasteiger partial charge in [-0.15, -0.1) is 0 Å². The SMILES string of the molecule is CC(O)Cc1n[nH]c(-c2ccccc2Cl)n1. The first-order chi connectivity index (χ1) is 7.66. The molecule has 1 heterocycles. The molecule has 0 bridgehead atoms. The quantitative estimate of drug-likeness (QED) is 0.859. The van der Waals surface area contributed by atoms with Gasteiger partial charge in [-0.2, -0.15) is 5.10 Å². The molecule has 5 heteroatoms. The highest BCUT2D eigenvalue weighted by atomic mass is 35.5. The lowest BCUT2D eigenvalue weighted by atomic mass is 10.2. The molecule has 1 unspecified atom stereocenters. The Balaban J connectivity index is 2.28. The molecule has 0 aliphatic heterocycles. The van der Waals surface area contributed by atoms with Gasteiger partial charge >= 0.3 is 0 Å². The van der Waals surface area contributed by atoms with Crippen LogP contribution in [0.25, 0.3) is 11.4 Å². The summed E-state index contributed by atoms with van der Waals surface area (Å²) in [5, 5.41) is 16.7. The van der Waals surface area contributed by atoms with Crippen molar-refractivity contribution in [2.75, 3.05) is 0 Å². The molecule has 2 N–H and O–H groups in total. The highest BCUT2D eigenvalue weighted by Crippen LogP contribution is 2.24. The van der Waals surface area contributed by atoms with Crippen molar-refractivity contribution in [1.82, 2.24) is 15.2 Å². The van der Waals surface area contributed by atoms with Gasteiger partial charge in [0.2, 0.25) is 0 Å². The number of nitrogens with one attached hydrogen (secondary N) is 1. The predicted octanol–water partition coefficient (Wildman–Crippen LogP) is 2.05. The Kier molecular flexibility index (Phi) is 3.22. The second kappa shape index (κ2) is 4.63. The Hall–Kier alpha value is -1.39. The van der Waals surface area contributed by atoms with E-state index in [4.69, 9.17) is 11.6 Å². The fraction of sp³-hybridized carbons (Fsp3) is 0.273. The van der Waals surface area contributed by atoms with E-state index in [1.807, 2.05) is 18.2 Å². The number of aromatic nitrogens is 3. The zero-order valence-electron chi connectivity index (χ0n) is 8.81. The van der Waals surface area contributed by atoms with Crippen LogP contribution in [0.3, 0.4) is 0 Å². The lowest BCUT2D eigenvalue weighted by Gasteiger charge is -1.98. The van der Waals surface area contributed by atoms with Gasteiger partial charge in [-0.1, -0.05) is 23.7 Å². The van der Waals surface area contributed by atoms with Gasteiger partial charge in [0, 0.05) is 12.0 Å². The van der Waals surface area contributed by atoms with Crippen molar-refractivity contribution < 1.29 is 5.11 Å². The van der Waals surface area contributed by atoms with Crippen LogP contribution >= 0.6 is 11.6 Å². The summed E-state index contributed by atoms with van der Waals surface area (Å²) in [6.07, 6.45) is -0.0177. The first-order valence-corrected chi connectivity index (χ1v) is 5.39. The summed E-state index contributed by atoms with van der Waals surface area (Å²) in [7, 11) is 0. The van der Waals surface area contributed by atoms with E-state index in [-0.39, 0.29) is 0 Å². The third-order valence-corrected chi connectivity index (χ3v) is 2.47. The Morgan fingerprint density at radius 2 is 2.19 bits per heavy atom. The van der Waals surface area contributed by atoms with E-state index in [2.05, 4.69) is 15.2 Å². The molecule has 0 aliphatic carbocycles. The van der Waals surface area contributed by atoms with Crippen molar-refractivity contribution >= 4 is 11.6 Å². The summed E-state index contributed by atoms with van der Waals surface area (Å²) < 4.78 is 0. The largest absolute Gasteiger partial charge is 0.393 e. The molecule has 2 aromatic rings. The number of benzene rings is 1. The van der Waals surface area contributed by atoms with E-state index in [9.17, 15) is 5.11 Å². The second-order valence-electron chi connectivity index (χ2n) is 3.63. The first kappa shape index (κ1) is 11.1. The highest BCUT2D eigenvalue weighted by Gasteiger charge is 2.09. The van der Waals surface area contributed by atoms with Gasteiger partial charge in [0.1, 0.15) is 0 Å². The molecule has 1 atom stereocenters. The van der Waals surface area contributed by atoms with Gasteiger partial charge in [0.05, 0.1) is 11.1 Å². The monoisotopic (exact) mass is 237 g/mol. The molecule has 1 aromatic heterocycles. The molecule has 2 rings (SSSR count). The van der Waals surface area contributed by atoms with Gasteiger partial charge < -0.3 is 5.11 Å². The maximum absolute atomic E-state index is 9.22. The summed E-state index contributed by atoms with van der Waals surface area (Å²) in [6.45, 7) is 1.70. The molecular formula is C11H12ClN3O. The van der Waals surface area contributed by atoms with Crippen LogP contribution in [0.1, 0.15) is 12.7 Å². The molecule has 0 spiro atoms. The topological polar surface area (TPSA) is 61.8 Å². The molecule has 84 valence electrons. The van der Waals surface area contributed by atoms with Crippen LogP contribution in [0, 0.1) is 0 Å². The Morgan fingerprint density at radius 3 is 2.88 bits per heavy atom. The van der Waals surface area contributed by atoms with Crippen molar-refractivity contribution in [2.45, 2.75) is 19.4 Å². The Labute approximate surface area is 98.3 Å². The van der Waals surface area contributed by atoms with Crippen molar-refractivity contribution in [1.29, 1.82) is 0 Å². The Morgan fingerprint density at radius 1 is 1.44 bits per heavy atom. The number of H-pyrrole nitrogens is 1. The average molecular weight is 238 g/mol. The van der Waals surface area contributed by atoms with E-state index >= 15 is 0 Å². The molecule has 0 saturated carbocycles. The van der Waals surface area contributed by atoms with Gasteiger partial charge in [-0.05, 0) is 19.1 Å². The first-order valence-electron chi connectivity index (χ1n) is 5.01. The number of nitrogens with zero attached hydrogens (tertiary/aromatic N) is 2. The van der Waals surface area contributed by atoms with E-state index in [0.29, 0.717) is 23.1 Å². The molecule has 4 nitrogen and oxygen atoms in total. The van der Waals surface area contributed by atoms with Crippen molar-refractivity contribution in [3.05, 3.63) is 35.1 Å². The lowest BCUT2D eigenvalue weighted by molar-refractivity contribution is 0.193.